The highest BCUT2D eigenvalue weighted by Crippen LogP contribution is 2.36. The van der Waals surface area contributed by atoms with E-state index >= 15 is 0 Å². The third kappa shape index (κ3) is 3.23. The van der Waals surface area contributed by atoms with E-state index < -0.39 is 10.0 Å². The fraction of sp³-hybridized carbons (Fsp3) is 1.00. The molecule has 0 spiro atoms. The van der Waals surface area contributed by atoms with Crippen molar-refractivity contribution < 1.29 is 13.2 Å². The van der Waals surface area contributed by atoms with E-state index in [0.717, 1.165) is 25.7 Å². The summed E-state index contributed by atoms with van der Waals surface area (Å²) in [5.74, 6) is 0. The smallest absolute Gasteiger partial charge is 0.214 e. The average molecular weight is 276 g/mol. The van der Waals surface area contributed by atoms with Crippen LogP contribution >= 0.6 is 0 Å². The van der Waals surface area contributed by atoms with Crippen LogP contribution in [0.4, 0.5) is 0 Å². The molecule has 1 aliphatic carbocycles. The zero-order chi connectivity index (χ0) is 13.1. The van der Waals surface area contributed by atoms with Crippen molar-refractivity contribution in [3.05, 3.63) is 0 Å². The van der Waals surface area contributed by atoms with Gasteiger partial charge in [0, 0.05) is 19.8 Å². The van der Waals surface area contributed by atoms with Crippen molar-refractivity contribution in [2.24, 2.45) is 11.1 Å². The monoisotopic (exact) mass is 276 g/mol. The molecule has 1 heterocycles. The van der Waals surface area contributed by atoms with Gasteiger partial charge in [-0.05, 0) is 37.6 Å². The molecule has 0 aromatic heterocycles. The maximum Gasteiger partial charge on any atom is 0.214 e. The summed E-state index contributed by atoms with van der Waals surface area (Å²) in [6, 6.07) is 0. The fourth-order valence-electron chi connectivity index (χ4n) is 2.94. The third-order valence-corrected chi connectivity index (χ3v) is 6.25. The van der Waals surface area contributed by atoms with Gasteiger partial charge in [0.2, 0.25) is 10.0 Å². The van der Waals surface area contributed by atoms with Crippen molar-refractivity contribution >= 4 is 10.0 Å². The Morgan fingerprint density at radius 1 is 1.22 bits per heavy atom. The Balaban J connectivity index is 1.91. The van der Waals surface area contributed by atoms with E-state index in [9.17, 15) is 8.42 Å². The van der Waals surface area contributed by atoms with Crippen LogP contribution < -0.4 is 10.5 Å². The Bertz CT molecular complexity index is 358. The molecule has 3 N–H and O–H groups in total. The number of sulfonamides is 1. The van der Waals surface area contributed by atoms with Gasteiger partial charge in [0.1, 0.15) is 0 Å². The third-order valence-electron chi connectivity index (χ3n) is 4.35. The number of hydrogen-bond donors (Lipinski definition) is 2. The summed E-state index contributed by atoms with van der Waals surface area (Å²) in [5.41, 5.74) is 5.82. The molecule has 1 saturated heterocycles. The second kappa shape index (κ2) is 5.86. The van der Waals surface area contributed by atoms with Crippen LogP contribution in [-0.2, 0) is 14.8 Å². The number of nitrogens with one attached hydrogen (secondary N) is 1. The topological polar surface area (TPSA) is 81.4 Å². The van der Waals surface area contributed by atoms with Gasteiger partial charge in [-0.1, -0.05) is 12.8 Å². The summed E-state index contributed by atoms with van der Waals surface area (Å²) >= 11 is 0. The molecule has 0 aromatic carbocycles. The van der Waals surface area contributed by atoms with Crippen molar-refractivity contribution in [2.75, 3.05) is 26.3 Å². The summed E-state index contributed by atoms with van der Waals surface area (Å²) in [5, 5.41) is -0.289. The van der Waals surface area contributed by atoms with Crippen LogP contribution in [0.5, 0.6) is 0 Å². The first kappa shape index (κ1) is 14.2. The van der Waals surface area contributed by atoms with Crippen LogP contribution in [0.1, 0.15) is 38.5 Å². The zero-order valence-corrected chi connectivity index (χ0v) is 11.7. The Hall–Kier alpha value is -0.170. The van der Waals surface area contributed by atoms with E-state index in [1.165, 1.54) is 0 Å². The number of hydrogen-bond acceptors (Lipinski definition) is 4. The first-order valence-electron chi connectivity index (χ1n) is 6.84. The van der Waals surface area contributed by atoms with Crippen LogP contribution in [0, 0.1) is 5.41 Å². The van der Waals surface area contributed by atoms with Crippen LogP contribution in [0.2, 0.25) is 0 Å². The maximum atomic E-state index is 12.2. The lowest BCUT2D eigenvalue weighted by Crippen LogP contribution is -2.45. The van der Waals surface area contributed by atoms with Gasteiger partial charge in [0.25, 0.3) is 0 Å². The summed E-state index contributed by atoms with van der Waals surface area (Å²) in [6.07, 6.45) is 5.61. The van der Waals surface area contributed by atoms with Gasteiger partial charge in [-0.25, -0.2) is 13.1 Å². The normalized spacial score (nSPS) is 25.4. The van der Waals surface area contributed by atoms with Crippen molar-refractivity contribution in [1.29, 1.82) is 0 Å². The van der Waals surface area contributed by atoms with Crippen LogP contribution in [0.3, 0.4) is 0 Å². The van der Waals surface area contributed by atoms with Crippen LogP contribution in [0.25, 0.3) is 0 Å². The highest BCUT2D eigenvalue weighted by molar-refractivity contribution is 7.90. The standard InChI is InChI=1S/C12H24N2O3S/c13-9-12(5-1-2-6-12)10-14-18(15,16)11-3-7-17-8-4-11/h11,14H,1-10,13H2. The first-order chi connectivity index (χ1) is 8.58. The van der Waals surface area contributed by atoms with Crippen molar-refractivity contribution in [2.45, 2.75) is 43.8 Å². The molecule has 2 aliphatic rings. The summed E-state index contributed by atoms with van der Waals surface area (Å²) in [4.78, 5) is 0. The Morgan fingerprint density at radius 3 is 2.39 bits per heavy atom. The van der Waals surface area contributed by atoms with Gasteiger partial charge in [-0.2, -0.15) is 0 Å². The van der Waals surface area contributed by atoms with Gasteiger partial charge in [0.05, 0.1) is 5.25 Å². The summed E-state index contributed by atoms with van der Waals surface area (Å²) in [6.45, 7) is 2.17. The molecule has 0 unspecified atom stereocenters. The second-order valence-corrected chi connectivity index (χ2v) is 7.63. The molecule has 0 amide bonds. The molecule has 2 fully saturated rings. The predicted molar refractivity (Wildman–Crippen MR) is 70.7 cm³/mol. The lowest BCUT2D eigenvalue weighted by atomic mass is 9.87. The molecule has 0 bridgehead atoms. The molecule has 1 aliphatic heterocycles. The zero-order valence-electron chi connectivity index (χ0n) is 10.9. The van der Waals surface area contributed by atoms with E-state index in [1.54, 1.807) is 0 Å². The molecule has 6 heteroatoms. The van der Waals surface area contributed by atoms with E-state index in [4.69, 9.17) is 10.5 Å². The lowest BCUT2D eigenvalue weighted by molar-refractivity contribution is 0.0980. The Morgan fingerprint density at radius 2 is 1.83 bits per heavy atom. The largest absolute Gasteiger partial charge is 0.381 e. The molecule has 1 saturated carbocycles. The average Bonchev–Trinajstić information content (AvgIpc) is 2.87. The molecule has 0 radical (unpaired) electrons. The van der Waals surface area contributed by atoms with Gasteiger partial charge in [0.15, 0.2) is 0 Å². The van der Waals surface area contributed by atoms with Gasteiger partial charge >= 0.3 is 0 Å². The minimum Gasteiger partial charge on any atom is -0.381 e. The van der Waals surface area contributed by atoms with Crippen molar-refractivity contribution in [1.82, 2.24) is 4.72 Å². The molecule has 5 nitrogen and oxygen atoms in total. The molecule has 0 atom stereocenters. The SMILES string of the molecule is NCC1(CNS(=O)(=O)C2CCOCC2)CCCC1. The lowest BCUT2D eigenvalue weighted by Gasteiger charge is -2.29. The van der Waals surface area contributed by atoms with E-state index in [2.05, 4.69) is 4.72 Å². The van der Waals surface area contributed by atoms with Crippen LogP contribution in [0.15, 0.2) is 0 Å². The second-order valence-electron chi connectivity index (χ2n) is 5.59. The van der Waals surface area contributed by atoms with Crippen molar-refractivity contribution in [3.63, 3.8) is 0 Å². The maximum absolute atomic E-state index is 12.2. The first-order valence-corrected chi connectivity index (χ1v) is 8.39. The van der Waals surface area contributed by atoms with E-state index in [0.29, 0.717) is 39.1 Å². The number of ether oxygens (including phenoxy) is 1. The number of rotatable bonds is 5. The minimum atomic E-state index is -3.20. The molecular formula is C12H24N2O3S. The predicted octanol–water partition coefficient (Wildman–Crippen LogP) is 0.604. The molecule has 0 aromatic rings. The molecular weight excluding hydrogens is 252 g/mol. The molecule has 2 rings (SSSR count). The number of nitrogens with two attached hydrogens (primary N) is 1. The van der Waals surface area contributed by atoms with E-state index in [1.807, 2.05) is 0 Å². The fourth-order valence-corrected chi connectivity index (χ4v) is 4.49. The molecule has 106 valence electrons. The van der Waals surface area contributed by atoms with Gasteiger partial charge in [-0.3, -0.25) is 0 Å². The molecule has 18 heavy (non-hydrogen) atoms. The Kier molecular flexibility index (Phi) is 4.64. The van der Waals surface area contributed by atoms with Gasteiger partial charge in [-0.15, -0.1) is 0 Å². The highest BCUT2D eigenvalue weighted by Gasteiger charge is 2.35. The summed E-state index contributed by atoms with van der Waals surface area (Å²) < 4.78 is 32.4. The quantitative estimate of drug-likeness (QED) is 0.770. The van der Waals surface area contributed by atoms with E-state index in [-0.39, 0.29) is 10.7 Å². The van der Waals surface area contributed by atoms with Crippen molar-refractivity contribution in [3.8, 4) is 0 Å². The van der Waals surface area contributed by atoms with Gasteiger partial charge < -0.3 is 10.5 Å². The van der Waals surface area contributed by atoms with Crippen LogP contribution in [-0.4, -0.2) is 40.0 Å². The summed E-state index contributed by atoms with van der Waals surface area (Å²) in [7, 11) is -3.20. The Labute approximate surface area is 110 Å². The highest BCUT2D eigenvalue weighted by atomic mass is 32.2. The minimum absolute atomic E-state index is 0.00175.